The molecule has 0 saturated heterocycles. The molecular formula is C21H22O7. The quantitative estimate of drug-likeness (QED) is 0.309. The van der Waals surface area contributed by atoms with E-state index in [4.69, 9.17) is 14.2 Å². The van der Waals surface area contributed by atoms with Crippen molar-refractivity contribution in [1.29, 1.82) is 0 Å². The molecule has 28 heavy (non-hydrogen) atoms. The molecular weight excluding hydrogens is 364 g/mol. The second-order valence-electron chi connectivity index (χ2n) is 5.91. The number of hydrogen-bond donors (Lipinski definition) is 0. The molecule has 0 atom stereocenters. The third kappa shape index (κ3) is 7.41. The minimum Gasteiger partial charge on any atom is -0.462 e. The highest BCUT2D eigenvalue weighted by Crippen LogP contribution is 2.26. The van der Waals surface area contributed by atoms with Crippen molar-refractivity contribution in [3.8, 4) is 0 Å². The molecule has 7 nitrogen and oxygen atoms in total. The third-order valence-electron chi connectivity index (χ3n) is 3.67. The van der Waals surface area contributed by atoms with Crippen molar-refractivity contribution in [3.63, 3.8) is 0 Å². The number of benzene rings is 1. The number of esters is 3. The average Bonchev–Trinajstić information content (AvgIpc) is 2.74. The normalized spacial score (nSPS) is 10.3. The van der Waals surface area contributed by atoms with Crippen LogP contribution in [0.3, 0.4) is 0 Å². The van der Waals surface area contributed by atoms with Gasteiger partial charge in [0.2, 0.25) is 0 Å². The van der Waals surface area contributed by atoms with Gasteiger partial charge in [0.25, 0.3) is 0 Å². The maximum absolute atomic E-state index is 12.3. The van der Waals surface area contributed by atoms with E-state index >= 15 is 0 Å². The maximum Gasteiger partial charge on any atom is 0.338 e. The van der Waals surface area contributed by atoms with E-state index in [1.54, 1.807) is 30.3 Å². The molecule has 0 unspecified atom stereocenters. The number of rotatable bonds is 12. The lowest BCUT2D eigenvalue weighted by atomic mass is 9.85. The summed E-state index contributed by atoms with van der Waals surface area (Å²) in [5.74, 6) is -2.51. The van der Waals surface area contributed by atoms with Gasteiger partial charge in [0, 0.05) is 18.6 Å². The Bertz CT molecular complexity index is 725. The van der Waals surface area contributed by atoms with E-state index in [1.807, 2.05) is 0 Å². The zero-order chi connectivity index (χ0) is 21.0. The van der Waals surface area contributed by atoms with E-state index in [-0.39, 0.29) is 26.2 Å². The molecule has 1 aromatic carbocycles. The molecule has 0 N–H and O–H groups in total. The number of carbonyl (C=O) groups excluding carboxylic acids is 4. The monoisotopic (exact) mass is 386 g/mol. The van der Waals surface area contributed by atoms with Gasteiger partial charge in [-0.05, 0) is 18.2 Å². The number of hydrogen-bond acceptors (Lipinski definition) is 7. The van der Waals surface area contributed by atoms with E-state index in [9.17, 15) is 19.2 Å². The van der Waals surface area contributed by atoms with Gasteiger partial charge in [0.1, 0.15) is 19.8 Å². The first-order chi connectivity index (χ1) is 13.4. The topological polar surface area (TPSA) is 96.0 Å². The Morgan fingerprint density at radius 3 is 1.75 bits per heavy atom. The Labute approximate surface area is 163 Å². The molecule has 0 saturated carbocycles. The molecule has 0 radical (unpaired) electrons. The third-order valence-corrected chi connectivity index (χ3v) is 3.67. The molecule has 0 heterocycles. The molecule has 0 aliphatic heterocycles. The van der Waals surface area contributed by atoms with Gasteiger partial charge in [-0.1, -0.05) is 37.9 Å². The van der Waals surface area contributed by atoms with Crippen molar-refractivity contribution in [2.45, 2.75) is 6.42 Å². The molecule has 0 spiro atoms. The van der Waals surface area contributed by atoms with Crippen LogP contribution in [0.1, 0.15) is 16.8 Å². The van der Waals surface area contributed by atoms with Crippen molar-refractivity contribution < 1.29 is 33.4 Å². The molecule has 0 aliphatic carbocycles. The molecule has 148 valence electrons. The zero-order valence-electron chi connectivity index (χ0n) is 15.4. The highest BCUT2D eigenvalue weighted by Gasteiger charge is 2.37. The van der Waals surface area contributed by atoms with E-state index in [2.05, 4.69) is 19.7 Å². The van der Waals surface area contributed by atoms with Crippen LogP contribution in [0.15, 0.2) is 68.3 Å². The molecule has 0 fully saturated rings. The fourth-order valence-corrected chi connectivity index (χ4v) is 2.16. The van der Waals surface area contributed by atoms with Crippen LogP contribution in [-0.2, 0) is 28.6 Å². The predicted octanol–water partition coefficient (Wildman–Crippen LogP) is 2.43. The smallest absolute Gasteiger partial charge is 0.338 e. The lowest BCUT2D eigenvalue weighted by Crippen LogP contribution is -2.41. The number of ketones is 1. The van der Waals surface area contributed by atoms with Gasteiger partial charge in [-0.2, -0.15) is 0 Å². The van der Waals surface area contributed by atoms with Gasteiger partial charge in [-0.3, -0.25) is 4.79 Å². The lowest BCUT2D eigenvalue weighted by molar-refractivity contribution is -0.152. The van der Waals surface area contributed by atoms with Gasteiger partial charge >= 0.3 is 17.9 Å². The van der Waals surface area contributed by atoms with Crippen molar-refractivity contribution in [1.82, 2.24) is 0 Å². The van der Waals surface area contributed by atoms with E-state index in [0.29, 0.717) is 5.56 Å². The molecule has 1 rings (SSSR count). The summed E-state index contributed by atoms with van der Waals surface area (Å²) in [5, 5.41) is 0. The Morgan fingerprint density at radius 2 is 1.29 bits per heavy atom. The Morgan fingerprint density at radius 1 is 0.786 bits per heavy atom. The van der Waals surface area contributed by atoms with Crippen LogP contribution in [0.2, 0.25) is 0 Å². The number of allylic oxidation sites excluding steroid dienone is 1. The molecule has 0 aliphatic rings. The predicted molar refractivity (Wildman–Crippen MR) is 101 cm³/mol. The van der Waals surface area contributed by atoms with E-state index in [0.717, 1.165) is 18.2 Å². The summed E-state index contributed by atoms with van der Waals surface area (Å²) < 4.78 is 15.4. The maximum atomic E-state index is 12.3. The van der Waals surface area contributed by atoms with Gasteiger partial charge in [0.15, 0.2) is 5.78 Å². The second kappa shape index (κ2) is 11.3. The fraction of sp³-hybridized carbons (Fsp3) is 0.238. The summed E-state index contributed by atoms with van der Waals surface area (Å²) in [6, 6.07) is 8.21. The molecule has 0 aromatic heterocycles. The van der Waals surface area contributed by atoms with Crippen LogP contribution >= 0.6 is 0 Å². The second-order valence-corrected chi connectivity index (χ2v) is 5.91. The minimum atomic E-state index is -1.30. The van der Waals surface area contributed by atoms with Crippen molar-refractivity contribution in [3.05, 3.63) is 73.9 Å². The first-order valence-electron chi connectivity index (χ1n) is 8.31. The number of carbonyl (C=O) groups is 4. The largest absolute Gasteiger partial charge is 0.462 e. The van der Waals surface area contributed by atoms with Crippen molar-refractivity contribution >= 4 is 23.7 Å². The highest BCUT2D eigenvalue weighted by atomic mass is 16.6. The summed E-state index contributed by atoms with van der Waals surface area (Å²) in [5.41, 5.74) is -0.995. The summed E-state index contributed by atoms with van der Waals surface area (Å²) in [6.45, 7) is 8.98. The summed E-state index contributed by atoms with van der Waals surface area (Å²) in [4.78, 5) is 47.2. The SMILES string of the molecule is C=CC(=O)CC(COC(=O)C=C)(COC(=O)C=C)COC(=O)c1ccccc1. The fourth-order valence-electron chi connectivity index (χ4n) is 2.16. The standard InChI is InChI=1S/C21H22O7/c1-4-17(22)12-21(13-26-18(23)5-2,14-27-19(24)6-3)15-28-20(25)16-10-8-7-9-11-16/h4-11H,1-3,12-15H2. The summed E-state index contributed by atoms with van der Waals surface area (Å²) in [7, 11) is 0. The zero-order valence-corrected chi connectivity index (χ0v) is 15.4. The number of ether oxygens (including phenoxy) is 3. The summed E-state index contributed by atoms with van der Waals surface area (Å²) >= 11 is 0. The van der Waals surface area contributed by atoms with E-state index in [1.165, 1.54) is 0 Å². The van der Waals surface area contributed by atoms with Crippen molar-refractivity contribution in [2.75, 3.05) is 19.8 Å². The average molecular weight is 386 g/mol. The van der Waals surface area contributed by atoms with Gasteiger partial charge in [-0.15, -0.1) is 0 Å². The van der Waals surface area contributed by atoms with Crippen molar-refractivity contribution in [2.24, 2.45) is 5.41 Å². The molecule has 0 amide bonds. The Hall–Kier alpha value is -3.48. The van der Waals surface area contributed by atoms with Crippen LogP contribution in [0.5, 0.6) is 0 Å². The van der Waals surface area contributed by atoms with Crippen LogP contribution in [0.25, 0.3) is 0 Å². The van der Waals surface area contributed by atoms with Crippen LogP contribution < -0.4 is 0 Å². The molecule has 1 aromatic rings. The van der Waals surface area contributed by atoms with Gasteiger partial charge in [0.05, 0.1) is 11.0 Å². The Kier molecular flexibility index (Phi) is 9.09. The summed E-state index contributed by atoms with van der Waals surface area (Å²) in [6.07, 6.45) is 2.75. The minimum absolute atomic E-state index is 0.229. The lowest BCUT2D eigenvalue weighted by Gasteiger charge is -2.31. The first kappa shape index (κ1) is 22.6. The van der Waals surface area contributed by atoms with Gasteiger partial charge < -0.3 is 14.2 Å². The van der Waals surface area contributed by atoms with Gasteiger partial charge in [-0.25, -0.2) is 14.4 Å². The van der Waals surface area contributed by atoms with E-state index < -0.39 is 29.1 Å². The molecule has 0 bridgehead atoms. The van der Waals surface area contributed by atoms with Crippen LogP contribution in [0, 0.1) is 5.41 Å². The highest BCUT2D eigenvalue weighted by molar-refractivity contribution is 5.90. The Balaban J connectivity index is 3.05. The molecule has 7 heteroatoms. The van der Waals surface area contributed by atoms with Crippen LogP contribution in [-0.4, -0.2) is 43.5 Å². The van der Waals surface area contributed by atoms with Crippen LogP contribution in [0.4, 0.5) is 0 Å². The first-order valence-corrected chi connectivity index (χ1v) is 8.31.